The zero-order valence-corrected chi connectivity index (χ0v) is 15.6. The molecule has 0 radical (unpaired) electrons. The maximum atomic E-state index is 12.5. The molecule has 2 unspecified atom stereocenters. The molecule has 0 bridgehead atoms. The van der Waals surface area contributed by atoms with Crippen LogP contribution in [0.3, 0.4) is 0 Å². The Kier molecular flexibility index (Phi) is 6.85. The van der Waals surface area contributed by atoms with Crippen molar-refractivity contribution in [1.82, 2.24) is 5.32 Å². The molecule has 1 aliphatic carbocycles. The van der Waals surface area contributed by atoms with Crippen LogP contribution in [-0.4, -0.2) is 30.9 Å². The van der Waals surface area contributed by atoms with E-state index >= 15 is 0 Å². The van der Waals surface area contributed by atoms with Gasteiger partial charge in [-0.15, -0.1) is 12.4 Å². The van der Waals surface area contributed by atoms with E-state index in [1.807, 2.05) is 12.1 Å². The zero-order chi connectivity index (χ0) is 17.1. The molecular weight excluding hydrogens is 338 g/mol. The van der Waals surface area contributed by atoms with Gasteiger partial charge in [-0.1, -0.05) is 25.5 Å². The summed E-state index contributed by atoms with van der Waals surface area (Å²) in [6, 6.07) is 8.16. The summed E-state index contributed by atoms with van der Waals surface area (Å²) >= 11 is 0. The Morgan fingerprint density at radius 3 is 2.56 bits per heavy atom. The van der Waals surface area contributed by atoms with Crippen LogP contribution < -0.4 is 16.0 Å². The number of nitrogens with two attached hydrogens (primary N) is 1. The topological polar surface area (TPSA) is 75.4 Å². The van der Waals surface area contributed by atoms with E-state index in [1.54, 1.807) is 4.90 Å². The predicted molar refractivity (Wildman–Crippen MR) is 102 cm³/mol. The highest BCUT2D eigenvalue weighted by Gasteiger charge is 2.38. The minimum Gasteiger partial charge on any atom is -0.352 e. The minimum atomic E-state index is -0.277. The van der Waals surface area contributed by atoms with Gasteiger partial charge in [-0.05, 0) is 42.9 Å². The SMILES string of the molecule is CCCc1ccc(N2CC(C(=O)NC(CN)C3CC3)CC2=O)cc1.Cl. The van der Waals surface area contributed by atoms with E-state index < -0.39 is 0 Å². The highest BCUT2D eigenvalue weighted by molar-refractivity contribution is 6.00. The van der Waals surface area contributed by atoms with Gasteiger partial charge >= 0.3 is 0 Å². The Labute approximate surface area is 155 Å². The van der Waals surface area contributed by atoms with Crippen molar-refractivity contribution in [2.24, 2.45) is 17.6 Å². The highest BCUT2D eigenvalue weighted by atomic mass is 35.5. The van der Waals surface area contributed by atoms with Gasteiger partial charge in [0.25, 0.3) is 0 Å². The van der Waals surface area contributed by atoms with Gasteiger partial charge in [0.2, 0.25) is 11.8 Å². The molecule has 2 atom stereocenters. The normalized spacial score (nSPS) is 21.0. The first-order chi connectivity index (χ1) is 11.6. The maximum absolute atomic E-state index is 12.5. The molecule has 1 aromatic carbocycles. The molecule has 0 spiro atoms. The van der Waals surface area contributed by atoms with Crippen LogP contribution in [0.2, 0.25) is 0 Å². The molecule has 1 heterocycles. The lowest BCUT2D eigenvalue weighted by atomic mass is 10.1. The molecule has 5 nitrogen and oxygen atoms in total. The van der Waals surface area contributed by atoms with Gasteiger partial charge in [-0.3, -0.25) is 9.59 Å². The van der Waals surface area contributed by atoms with Gasteiger partial charge < -0.3 is 16.0 Å². The van der Waals surface area contributed by atoms with E-state index in [0.29, 0.717) is 19.0 Å². The van der Waals surface area contributed by atoms with Gasteiger partial charge in [0.15, 0.2) is 0 Å². The average Bonchev–Trinajstić information content (AvgIpc) is 3.35. The minimum absolute atomic E-state index is 0. The molecule has 6 heteroatoms. The first-order valence-electron chi connectivity index (χ1n) is 9.02. The molecule has 3 rings (SSSR count). The number of aryl methyl sites for hydroxylation is 1. The van der Waals surface area contributed by atoms with Crippen LogP contribution in [0, 0.1) is 11.8 Å². The fourth-order valence-corrected chi connectivity index (χ4v) is 3.43. The summed E-state index contributed by atoms with van der Waals surface area (Å²) in [4.78, 5) is 26.5. The number of amides is 2. The summed E-state index contributed by atoms with van der Waals surface area (Å²) in [5.74, 6) is 0.240. The molecular formula is C19H28ClN3O2. The van der Waals surface area contributed by atoms with E-state index in [0.717, 1.165) is 31.4 Å². The molecule has 1 aromatic rings. The summed E-state index contributed by atoms with van der Waals surface area (Å²) in [7, 11) is 0. The third-order valence-electron chi connectivity index (χ3n) is 5.06. The number of hydrogen-bond acceptors (Lipinski definition) is 3. The second-order valence-corrected chi connectivity index (χ2v) is 7.01. The Morgan fingerprint density at radius 1 is 1.32 bits per heavy atom. The van der Waals surface area contributed by atoms with Gasteiger partial charge in [0.05, 0.1) is 5.92 Å². The van der Waals surface area contributed by atoms with Crippen LogP contribution in [0.5, 0.6) is 0 Å². The fraction of sp³-hybridized carbons (Fsp3) is 0.579. The number of carbonyl (C=O) groups is 2. The Balaban J connectivity index is 0.00000225. The van der Waals surface area contributed by atoms with Crippen LogP contribution in [-0.2, 0) is 16.0 Å². The Bertz CT molecular complexity index is 601. The molecule has 1 saturated heterocycles. The standard InChI is InChI=1S/C19H27N3O2.ClH/c1-2-3-13-4-8-16(9-5-13)22-12-15(10-18(22)23)19(24)21-17(11-20)14-6-7-14;/h4-5,8-9,14-15,17H,2-3,6-7,10-12,20H2,1H3,(H,21,24);1H. The van der Waals surface area contributed by atoms with Crippen molar-refractivity contribution in [2.75, 3.05) is 18.0 Å². The summed E-state index contributed by atoms with van der Waals surface area (Å²) in [5, 5.41) is 3.05. The van der Waals surface area contributed by atoms with Crippen molar-refractivity contribution < 1.29 is 9.59 Å². The zero-order valence-electron chi connectivity index (χ0n) is 14.7. The quantitative estimate of drug-likeness (QED) is 0.778. The van der Waals surface area contributed by atoms with Gasteiger partial charge in [-0.2, -0.15) is 0 Å². The van der Waals surface area contributed by atoms with Crippen LogP contribution >= 0.6 is 12.4 Å². The van der Waals surface area contributed by atoms with Crippen molar-refractivity contribution in [3.05, 3.63) is 29.8 Å². The molecule has 138 valence electrons. The number of carbonyl (C=O) groups excluding carboxylic acids is 2. The Hall–Kier alpha value is -1.59. The van der Waals surface area contributed by atoms with E-state index in [-0.39, 0.29) is 42.6 Å². The summed E-state index contributed by atoms with van der Waals surface area (Å²) in [6.07, 6.45) is 4.71. The first-order valence-corrected chi connectivity index (χ1v) is 9.02. The van der Waals surface area contributed by atoms with Crippen LogP contribution in [0.1, 0.15) is 38.2 Å². The lowest BCUT2D eigenvalue weighted by Crippen LogP contribution is -2.45. The third kappa shape index (κ3) is 4.73. The lowest BCUT2D eigenvalue weighted by molar-refractivity contribution is -0.127. The van der Waals surface area contributed by atoms with E-state index in [4.69, 9.17) is 5.73 Å². The molecule has 1 aliphatic heterocycles. The number of hydrogen-bond donors (Lipinski definition) is 2. The Morgan fingerprint density at radius 2 is 2.00 bits per heavy atom. The molecule has 1 saturated carbocycles. The van der Waals surface area contributed by atoms with Crippen molar-refractivity contribution >= 4 is 29.9 Å². The van der Waals surface area contributed by atoms with Gasteiger partial charge in [-0.25, -0.2) is 0 Å². The smallest absolute Gasteiger partial charge is 0.227 e. The number of nitrogens with zero attached hydrogens (tertiary/aromatic N) is 1. The summed E-state index contributed by atoms with van der Waals surface area (Å²) < 4.78 is 0. The van der Waals surface area contributed by atoms with Crippen LogP contribution in [0.4, 0.5) is 5.69 Å². The number of benzene rings is 1. The van der Waals surface area contributed by atoms with Crippen molar-refractivity contribution in [3.8, 4) is 0 Å². The molecule has 3 N–H and O–H groups in total. The molecule has 2 amide bonds. The molecule has 2 fully saturated rings. The van der Waals surface area contributed by atoms with Gasteiger partial charge in [0.1, 0.15) is 0 Å². The number of nitrogens with one attached hydrogen (secondary N) is 1. The first kappa shape index (κ1) is 19.7. The van der Waals surface area contributed by atoms with Crippen molar-refractivity contribution in [2.45, 2.75) is 45.1 Å². The third-order valence-corrected chi connectivity index (χ3v) is 5.06. The second kappa shape index (κ2) is 8.68. The predicted octanol–water partition coefficient (Wildman–Crippen LogP) is 2.27. The largest absolute Gasteiger partial charge is 0.352 e. The number of rotatable bonds is 7. The second-order valence-electron chi connectivity index (χ2n) is 7.01. The van der Waals surface area contributed by atoms with E-state index in [2.05, 4.69) is 24.4 Å². The average molecular weight is 366 g/mol. The lowest BCUT2D eigenvalue weighted by Gasteiger charge is -2.20. The number of halogens is 1. The fourth-order valence-electron chi connectivity index (χ4n) is 3.43. The van der Waals surface area contributed by atoms with Gasteiger partial charge in [0, 0.05) is 31.2 Å². The highest BCUT2D eigenvalue weighted by Crippen LogP contribution is 2.33. The van der Waals surface area contributed by atoms with E-state index in [9.17, 15) is 9.59 Å². The number of anilines is 1. The van der Waals surface area contributed by atoms with Crippen LogP contribution in [0.15, 0.2) is 24.3 Å². The van der Waals surface area contributed by atoms with Crippen molar-refractivity contribution in [1.29, 1.82) is 0 Å². The molecule has 2 aliphatic rings. The summed E-state index contributed by atoms with van der Waals surface area (Å²) in [6.45, 7) is 3.08. The van der Waals surface area contributed by atoms with E-state index in [1.165, 1.54) is 5.56 Å². The molecule has 25 heavy (non-hydrogen) atoms. The summed E-state index contributed by atoms with van der Waals surface area (Å²) in [5.41, 5.74) is 7.91. The van der Waals surface area contributed by atoms with Crippen molar-refractivity contribution in [3.63, 3.8) is 0 Å². The monoisotopic (exact) mass is 365 g/mol. The maximum Gasteiger partial charge on any atom is 0.227 e. The molecule has 0 aromatic heterocycles. The van der Waals surface area contributed by atoms with Crippen LogP contribution in [0.25, 0.3) is 0 Å².